The Bertz CT molecular complexity index is 386. The lowest BCUT2D eigenvalue weighted by Crippen LogP contribution is -2.51. The van der Waals surface area contributed by atoms with E-state index in [9.17, 15) is 9.59 Å². The monoisotopic (exact) mass is 224 g/mol. The van der Waals surface area contributed by atoms with E-state index in [2.05, 4.69) is 5.32 Å². The number of halogens is 1. The molecule has 78 valence electrons. The highest BCUT2D eigenvalue weighted by molar-refractivity contribution is 6.30. The average Bonchev–Trinajstić information content (AvgIpc) is 2.17. The second-order valence-corrected chi connectivity index (χ2v) is 3.74. The summed E-state index contributed by atoms with van der Waals surface area (Å²) < 4.78 is 0. The summed E-state index contributed by atoms with van der Waals surface area (Å²) in [5.41, 5.74) is 0.822. The van der Waals surface area contributed by atoms with Crippen molar-refractivity contribution >= 4 is 29.1 Å². The summed E-state index contributed by atoms with van der Waals surface area (Å²) in [5, 5.41) is 2.88. The lowest BCUT2D eigenvalue weighted by atomic mass is 10.2. The Morgan fingerprint density at radius 3 is 2.13 bits per heavy atom. The van der Waals surface area contributed by atoms with Gasteiger partial charge in [0.05, 0.1) is 13.1 Å². The largest absolute Gasteiger partial charge is 0.353 e. The topological polar surface area (TPSA) is 49.4 Å². The molecule has 0 bridgehead atoms. The molecule has 1 heterocycles. The SMILES string of the molecule is O=C1CN(c2ccc(Cl)cc2)CC(=O)N1. The maximum absolute atomic E-state index is 11.1. The molecule has 1 fully saturated rings. The Hall–Kier alpha value is -1.55. The fourth-order valence-corrected chi connectivity index (χ4v) is 1.60. The van der Waals surface area contributed by atoms with Gasteiger partial charge in [-0.1, -0.05) is 11.6 Å². The zero-order valence-electron chi connectivity index (χ0n) is 7.87. The molecular weight excluding hydrogens is 216 g/mol. The van der Waals surface area contributed by atoms with Crippen LogP contribution >= 0.6 is 11.6 Å². The highest BCUT2D eigenvalue weighted by Crippen LogP contribution is 2.18. The summed E-state index contributed by atoms with van der Waals surface area (Å²) in [6.45, 7) is 0.404. The van der Waals surface area contributed by atoms with Crippen LogP contribution in [0.25, 0.3) is 0 Å². The number of carbonyl (C=O) groups is 2. The zero-order chi connectivity index (χ0) is 10.8. The van der Waals surface area contributed by atoms with E-state index in [0.717, 1.165) is 5.69 Å². The molecule has 0 aliphatic carbocycles. The van der Waals surface area contributed by atoms with Gasteiger partial charge in [0.15, 0.2) is 0 Å². The van der Waals surface area contributed by atoms with Gasteiger partial charge >= 0.3 is 0 Å². The molecule has 1 aliphatic rings. The van der Waals surface area contributed by atoms with Crippen LogP contribution in [0.2, 0.25) is 5.02 Å². The van der Waals surface area contributed by atoms with Crippen molar-refractivity contribution in [3.63, 3.8) is 0 Å². The van der Waals surface area contributed by atoms with E-state index in [-0.39, 0.29) is 24.9 Å². The predicted molar refractivity (Wildman–Crippen MR) is 56.8 cm³/mol. The zero-order valence-corrected chi connectivity index (χ0v) is 8.62. The van der Waals surface area contributed by atoms with Gasteiger partial charge in [0.1, 0.15) is 0 Å². The Kier molecular flexibility index (Phi) is 2.60. The number of rotatable bonds is 1. The second kappa shape index (κ2) is 3.90. The number of anilines is 1. The van der Waals surface area contributed by atoms with Gasteiger partial charge in [-0.25, -0.2) is 0 Å². The molecule has 0 atom stereocenters. The third-order valence-corrected chi connectivity index (χ3v) is 2.39. The van der Waals surface area contributed by atoms with Gasteiger partial charge in [-0.05, 0) is 24.3 Å². The van der Waals surface area contributed by atoms with Crippen LogP contribution in [0, 0.1) is 0 Å². The first kappa shape index (κ1) is 9.98. The first-order valence-electron chi connectivity index (χ1n) is 4.48. The molecule has 15 heavy (non-hydrogen) atoms. The summed E-state index contributed by atoms with van der Waals surface area (Å²) >= 11 is 5.74. The van der Waals surface area contributed by atoms with Crippen molar-refractivity contribution in [1.82, 2.24) is 5.32 Å². The molecule has 0 spiro atoms. The molecular formula is C10H9ClN2O2. The smallest absolute Gasteiger partial charge is 0.246 e. The predicted octanol–water partition coefficient (Wildman–Crippen LogP) is 0.803. The maximum atomic E-state index is 11.1. The molecule has 0 radical (unpaired) electrons. The van der Waals surface area contributed by atoms with Crippen LogP contribution in [0.1, 0.15) is 0 Å². The summed E-state index contributed by atoms with van der Waals surface area (Å²) in [6.07, 6.45) is 0. The summed E-state index contributed by atoms with van der Waals surface area (Å²) in [7, 11) is 0. The lowest BCUT2D eigenvalue weighted by Gasteiger charge is -2.27. The van der Waals surface area contributed by atoms with Crippen molar-refractivity contribution < 1.29 is 9.59 Å². The standard InChI is InChI=1S/C10H9ClN2O2/c11-7-1-3-8(4-2-7)13-5-9(14)12-10(15)6-13/h1-4H,5-6H2,(H,12,14,15). The molecule has 1 saturated heterocycles. The number of nitrogens with one attached hydrogen (secondary N) is 1. The minimum absolute atomic E-state index is 0.202. The van der Waals surface area contributed by atoms with Gasteiger partial charge in [0.25, 0.3) is 0 Å². The molecule has 0 aromatic heterocycles. The van der Waals surface area contributed by atoms with E-state index < -0.39 is 0 Å². The van der Waals surface area contributed by atoms with Crippen LogP contribution in [-0.4, -0.2) is 24.9 Å². The average molecular weight is 225 g/mol. The van der Waals surface area contributed by atoms with Crippen LogP contribution in [0.3, 0.4) is 0 Å². The quantitative estimate of drug-likeness (QED) is 0.718. The normalized spacial score (nSPS) is 16.5. The van der Waals surface area contributed by atoms with Crippen LogP contribution in [0.5, 0.6) is 0 Å². The van der Waals surface area contributed by atoms with Gasteiger partial charge in [-0.15, -0.1) is 0 Å². The van der Waals surface area contributed by atoms with Crippen molar-refractivity contribution in [2.75, 3.05) is 18.0 Å². The molecule has 0 unspecified atom stereocenters. The Morgan fingerprint density at radius 1 is 1.07 bits per heavy atom. The molecule has 2 rings (SSSR count). The van der Waals surface area contributed by atoms with Gasteiger partial charge in [0.2, 0.25) is 11.8 Å². The number of hydrogen-bond acceptors (Lipinski definition) is 3. The molecule has 1 aromatic carbocycles. The van der Waals surface area contributed by atoms with Gasteiger partial charge in [0, 0.05) is 10.7 Å². The summed E-state index contributed by atoms with van der Waals surface area (Å²) in [4.78, 5) is 24.0. The number of benzene rings is 1. The first-order valence-corrected chi connectivity index (χ1v) is 4.86. The fourth-order valence-electron chi connectivity index (χ4n) is 1.47. The van der Waals surface area contributed by atoms with Crippen molar-refractivity contribution in [1.29, 1.82) is 0 Å². The highest BCUT2D eigenvalue weighted by atomic mass is 35.5. The summed E-state index contributed by atoms with van der Waals surface area (Å²) in [6, 6.07) is 7.03. The Balaban J connectivity index is 2.19. The van der Waals surface area contributed by atoms with Crippen LogP contribution < -0.4 is 10.2 Å². The number of nitrogens with zero attached hydrogens (tertiary/aromatic N) is 1. The minimum atomic E-state index is -0.277. The van der Waals surface area contributed by atoms with E-state index in [0.29, 0.717) is 5.02 Å². The molecule has 0 saturated carbocycles. The Labute approximate surface area is 91.8 Å². The molecule has 2 amide bonds. The number of carbonyl (C=O) groups excluding carboxylic acids is 2. The van der Waals surface area contributed by atoms with Crippen molar-refractivity contribution in [3.8, 4) is 0 Å². The first-order chi connectivity index (χ1) is 7.15. The van der Waals surface area contributed by atoms with Gasteiger partial charge in [-0.2, -0.15) is 0 Å². The van der Waals surface area contributed by atoms with Crippen molar-refractivity contribution in [2.24, 2.45) is 0 Å². The van der Waals surface area contributed by atoms with Crippen LogP contribution in [0.15, 0.2) is 24.3 Å². The van der Waals surface area contributed by atoms with E-state index in [1.54, 1.807) is 29.2 Å². The van der Waals surface area contributed by atoms with E-state index >= 15 is 0 Å². The molecule has 4 nitrogen and oxygen atoms in total. The second-order valence-electron chi connectivity index (χ2n) is 3.30. The van der Waals surface area contributed by atoms with Crippen molar-refractivity contribution in [3.05, 3.63) is 29.3 Å². The lowest BCUT2D eigenvalue weighted by molar-refractivity contribution is -0.130. The third kappa shape index (κ3) is 2.27. The number of imide groups is 1. The summed E-state index contributed by atoms with van der Waals surface area (Å²) in [5.74, 6) is -0.553. The van der Waals surface area contributed by atoms with E-state index in [4.69, 9.17) is 11.6 Å². The number of hydrogen-bond donors (Lipinski definition) is 1. The van der Waals surface area contributed by atoms with E-state index in [1.165, 1.54) is 0 Å². The van der Waals surface area contributed by atoms with Gasteiger partial charge in [-0.3, -0.25) is 14.9 Å². The minimum Gasteiger partial charge on any atom is -0.353 e. The number of amides is 2. The van der Waals surface area contributed by atoms with Crippen LogP contribution in [-0.2, 0) is 9.59 Å². The molecule has 5 heteroatoms. The van der Waals surface area contributed by atoms with Crippen LogP contribution in [0.4, 0.5) is 5.69 Å². The van der Waals surface area contributed by atoms with Gasteiger partial charge < -0.3 is 4.90 Å². The molecule has 1 aromatic rings. The molecule has 1 N–H and O–H groups in total. The van der Waals surface area contributed by atoms with E-state index in [1.807, 2.05) is 0 Å². The van der Waals surface area contributed by atoms with Crippen molar-refractivity contribution in [2.45, 2.75) is 0 Å². The maximum Gasteiger partial charge on any atom is 0.246 e. The fraction of sp³-hybridized carbons (Fsp3) is 0.200. The molecule has 1 aliphatic heterocycles. The number of piperazine rings is 1. The highest BCUT2D eigenvalue weighted by Gasteiger charge is 2.22. The Morgan fingerprint density at radius 2 is 1.60 bits per heavy atom. The third-order valence-electron chi connectivity index (χ3n) is 2.14.